The Morgan fingerprint density at radius 2 is 0.769 bits per heavy atom. The Hall–Kier alpha value is -8.94. The fraction of sp³-hybridized carbons (Fsp3) is 0. The van der Waals surface area contributed by atoms with E-state index in [1.54, 1.807) is 0 Å². The first-order valence-electron chi connectivity index (χ1n) is 21.6. The average Bonchev–Trinajstić information content (AvgIpc) is 4.08. The highest BCUT2D eigenvalue weighted by molar-refractivity contribution is 6.30. The van der Waals surface area contributed by atoms with Gasteiger partial charge in [0.25, 0.3) is 0 Å². The SMILES string of the molecule is c1ccc(-c2nc3ccccc3c3c2cc(-c2ccc(-c4nc(-c5cccc6c5oc5ccccc56)nc(-c5cccc6c5oc5ccccc56)n4)cc2)c2oc4ccccc4c23)cc1. The molecule has 14 aromatic rings. The molecule has 0 aliphatic rings. The molecule has 0 fully saturated rings. The summed E-state index contributed by atoms with van der Waals surface area (Å²) < 4.78 is 19.9. The number of hydrogen-bond donors (Lipinski definition) is 0. The molecule has 0 atom stereocenters. The standard InChI is InChI=1S/C58H32N4O3/c1-2-14-34(15-3-1)52-45-32-44(55-51(41-19-7-11-27-49(41)65-55)50(45)40-18-4-8-24-46(40)59-52)33-28-30-35(31-29-33)56-60-57(42-22-12-20-38-36-16-5-9-25-47(36)63-53(38)42)62-58(61-56)43-23-13-21-39-37-17-6-10-26-48(37)64-54(39)43/h1-32H. The lowest BCUT2D eigenvalue weighted by Gasteiger charge is -2.14. The molecule has 0 aliphatic heterocycles. The van der Waals surface area contributed by atoms with Gasteiger partial charge < -0.3 is 13.3 Å². The zero-order valence-corrected chi connectivity index (χ0v) is 34.5. The second-order valence-corrected chi connectivity index (χ2v) is 16.4. The van der Waals surface area contributed by atoms with Crippen molar-refractivity contribution < 1.29 is 13.3 Å². The number of aromatic nitrogens is 4. The van der Waals surface area contributed by atoms with Crippen LogP contribution >= 0.6 is 0 Å². The summed E-state index contributed by atoms with van der Waals surface area (Å²) in [5.74, 6) is 1.52. The summed E-state index contributed by atoms with van der Waals surface area (Å²) in [5, 5.41) is 9.46. The van der Waals surface area contributed by atoms with Crippen molar-refractivity contribution >= 4 is 87.5 Å². The number of nitrogens with zero attached hydrogens (tertiary/aromatic N) is 4. The zero-order chi connectivity index (χ0) is 42.6. The van der Waals surface area contributed by atoms with Gasteiger partial charge in [-0.15, -0.1) is 0 Å². The van der Waals surface area contributed by atoms with Gasteiger partial charge in [0.1, 0.15) is 33.5 Å². The summed E-state index contributed by atoms with van der Waals surface area (Å²) in [6, 6.07) is 66.2. The maximum Gasteiger partial charge on any atom is 0.167 e. The van der Waals surface area contributed by atoms with Crippen molar-refractivity contribution in [2.45, 2.75) is 0 Å². The number of furan rings is 3. The summed E-state index contributed by atoms with van der Waals surface area (Å²) in [6.07, 6.45) is 0. The smallest absolute Gasteiger partial charge is 0.167 e. The Bertz CT molecular complexity index is 4110. The van der Waals surface area contributed by atoms with Crippen LogP contribution in [0.15, 0.2) is 207 Å². The lowest BCUT2D eigenvalue weighted by atomic mass is 9.91. The van der Waals surface area contributed by atoms with Crippen LogP contribution in [0.5, 0.6) is 0 Å². The molecule has 5 aromatic heterocycles. The van der Waals surface area contributed by atoms with Crippen LogP contribution in [-0.4, -0.2) is 19.9 Å². The molecule has 0 bridgehead atoms. The molecule has 0 radical (unpaired) electrons. The highest BCUT2D eigenvalue weighted by atomic mass is 16.3. The van der Waals surface area contributed by atoms with Gasteiger partial charge in [0.2, 0.25) is 0 Å². The van der Waals surface area contributed by atoms with Gasteiger partial charge in [0.15, 0.2) is 17.5 Å². The largest absolute Gasteiger partial charge is 0.455 e. The molecule has 14 rings (SSSR count). The van der Waals surface area contributed by atoms with E-state index in [0.717, 1.165) is 127 Å². The third-order valence-corrected chi connectivity index (χ3v) is 12.7. The summed E-state index contributed by atoms with van der Waals surface area (Å²) >= 11 is 0. The summed E-state index contributed by atoms with van der Waals surface area (Å²) in [7, 11) is 0. The van der Waals surface area contributed by atoms with Crippen LogP contribution in [0.25, 0.3) is 144 Å². The second kappa shape index (κ2) is 13.8. The summed E-state index contributed by atoms with van der Waals surface area (Å²) in [4.78, 5) is 20.9. The fourth-order valence-electron chi connectivity index (χ4n) is 9.75. The predicted octanol–water partition coefficient (Wildman–Crippen LogP) is 15.6. The van der Waals surface area contributed by atoms with Gasteiger partial charge in [-0.3, -0.25) is 0 Å². The van der Waals surface area contributed by atoms with Crippen molar-refractivity contribution in [3.63, 3.8) is 0 Å². The van der Waals surface area contributed by atoms with E-state index < -0.39 is 0 Å². The van der Waals surface area contributed by atoms with E-state index in [4.69, 9.17) is 33.2 Å². The van der Waals surface area contributed by atoms with Gasteiger partial charge in [-0.05, 0) is 48.0 Å². The van der Waals surface area contributed by atoms with Gasteiger partial charge in [0, 0.05) is 65.2 Å². The Morgan fingerprint density at radius 1 is 0.277 bits per heavy atom. The molecule has 0 aliphatic carbocycles. The molecule has 302 valence electrons. The van der Waals surface area contributed by atoms with Gasteiger partial charge in [-0.1, -0.05) is 152 Å². The molecular weight excluding hydrogens is 801 g/mol. The van der Waals surface area contributed by atoms with Crippen molar-refractivity contribution in [2.75, 3.05) is 0 Å². The van der Waals surface area contributed by atoms with Gasteiger partial charge in [-0.25, -0.2) is 19.9 Å². The molecule has 0 saturated carbocycles. The minimum Gasteiger partial charge on any atom is -0.455 e. The number of pyridine rings is 1. The summed E-state index contributed by atoms with van der Waals surface area (Å²) in [5.41, 5.74) is 11.9. The van der Waals surface area contributed by atoms with E-state index in [2.05, 4.69) is 109 Å². The van der Waals surface area contributed by atoms with Gasteiger partial charge in [-0.2, -0.15) is 0 Å². The van der Waals surface area contributed by atoms with Crippen molar-refractivity contribution in [3.8, 4) is 56.5 Å². The topological polar surface area (TPSA) is 91.0 Å². The Labute approximate surface area is 369 Å². The van der Waals surface area contributed by atoms with Crippen molar-refractivity contribution in [1.29, 1.82) is 0 Å². The van der Waals surface area contributed by atoms with E-state index in [-0.39, 0.29) is 0 Å². The van der Waals surface area contributed by atoms with E-state index in [0.29, 0.717) is 17.5 Å². The molecule has 9 aromatic carbocycles. The first-order valence-corrected chi connectivity index (χ1v) is 21.6. The molecule has 65 heavy (non-hydrogen) atoms. The molecule has 7 heteroatoms. The van der Waals surface area contributed by atoms with E-state index in [1.807, 2.05) is 84.9 Å². The molecule has 0 spiro atoms. The first kappa shape index (κ1) is 35.6. The molecular formula is C58H32N4O3. The lowest BCUT2D eigenvalue weighted by molar-refractivity contribution is 0.669. The van der Waals surface area contributed by atoms with Crippen LogP contribution in [0.2, 0.25) is 0 Å². The van der Waals surface area contributed by atoms with Crippen LogP contribution < -0.4 is 0 Å². The molecule has 7 nitrogen and oxygen atoms in total. The van der Waals surface area contributed by atoms with Crippen LogP contribution in [-0.2, 0) is 0 Å². The van der Waals surface area contributed by atoms with Gasteiger partial charge in [0.05, 0.1) is 22.3 Å². The lowest BCUT2D eigenvalue weighted by Crippen LogP contribution is -2.00. The Morgan fingerprint density at radius 3 is 1.42 bits per heavy atom. The Balaban J connectivity index is 0.990. The van der Waals surface area contributed by atoms with E-state index >= 15 is 0 Å². The highest BCUT2D eigenvalue weighted by Crippen LogP contribution is 2.46. The summed E-state index contributed by atoms with van der Waals surface area (Å²) in [6.45, 7) is 0. The highest BCUT2D eigenvalue weighted by Gasteiger charge is 2.23. The monoisotopic (exact) mass is 832 g/mol. The predicted molar refractivity (Wildman–Crippen MR) is 262 cm³/mol. The van der Waals surface area contributed by atoms with Crippen molar-refractivity contribution in [3.05, 3.63) is 194 Å². The number of rotatable bonds is 5. The Kier molecular flexibility index (Phi) is 7.55. The van der Waals surface area contributed by atoms with Crippen molar-refractivity contribution in [1.82, 2.24) is 19.9 Å². The minimum absolute atomic E-state index is 0.499. The molecule has 5 heterocycles. The normalized spacial score (nSPS) is 12.0. The number of para-hydroxylation sites is 6. The van der Waals surface area contributed by atoms with Crippen molar-refractivity contribution in [2.24, 2.45) is 0 Å². The second-order valence-electron chi connectivity index (χ2n) is 16.4. The number of benzene rings is 9. The molecule has 0 N–H and O–H groups in total. The fourth-order valence-corrected chi connectivity index (χ4v) is 9.75. The molecule has 0 saturated heterocycles. The van der Waals surface area contributed by atoms with Crippen LogP contribution in [0, 0.1) is 0 Å². The van der Waals surface area contributed by atoms with E-state index in [9.17, 15) is 0 Å². The maximum atomic E-state index is 6.83. The first-order chi connectivity index (χ1) is 32.2. The number of fused-ring (bicyclic) bond motifs is 13. The third-order valence-electron chi connectivity index (χ3n) is 12.7. The zero-order valence-electron chi connectivity index (χ0n) is 34.5. The molecule has 0 amide bonds. The number of hydrogen-bond acceptors (Lipinski definition) is 7. The molecule has 0 unspecified atom stereocenters. The third kappa shape index (κ3) is 5.42. The van der Waals surface area contributed by atoms with E-state index in [1.165, 1.54) is 0 Å². The van der Waals surface area contributed by atoms with Crippen LogP contribution in [0.3, 0.4) is 0 Å². The quantitative estimate of drug-likeness (QED) is 0.160. The maximum absolute atomic E-state index is 6.83. The van der Waals surface area contributed by atoms with Crippen LogP contribution in [0.1, 0.15) is 0 Å². The minimum atomic E-state index is 0.499. The van der Waals surface area contributed by atoms with Crippen LogP contribution in [0.4, 0.5) is 0 Å². The average molecular weight is 833 g/mol. The van der Waals surface area contributed by atoms with Gasteiger partial charge >= 0.3 is 0 Å².